The molecule has 3 heterocycles. The van der Waals surface area contributed by atoms with Gasteiger partial charge in [-0.3, -0.25) is 4.79 Å². The van der Waals surface area contributed by atoms with E-state index in [1.54, 1.807) is 33.9 Å². The summed E-state index contributed by atoms with van der Waals surface area (Å²) < 4.78 is 7.12. The largest absolute Gasteiger partial charge is 0.444 e. The summed E-state index contributed by atoms with van der Waals surface area (Å²) in [4.78, 5) is 34.0. The number of fused-ring (bicyclic) bond motifs is 1. The number of anilines is 2. The molecule has 2 aromatic heterocycles. The molecule has 2 aromatic carbocycles. The zero-order chi connectivity index (χ0) is 26.9. The van der Waals surface area contributed by atoms with Crippen LogP contribution >= 0.6 is 11.6 Å². The second kappa shape index (κ2) is 10.3. The molecule has 0 bridgehead atoms. The Morgan fingerprint density at radius 1 is 1.00 bits per heavy atom. The second-order valence-electron chi connectivity index (χ2n) is 10.1. The lowest BCUT2D eigenvalue weighted by Gasteiger charge is -2.36. The quantitative estimate of drug-likeness (QED) is 0.380. The van der Waals surface area contributed by atoms with Gasteiger partial charge in [0.15, 0.2) is 5.65 Å². The normalized spacial score (nSPS) is 14.0. The van der Waals surface area contributed by atoms with Crippen molar-refractivity contribution in [3.63, 3.8) is 0 Å². The Hall–Kier alpha value is -4.11. The van der Waals surface area contributed by atoms with E-state index in [-0.39, 0.29) is 17.7 Å². The van der Waals surface area contributed by atoms with E-state index in [0.29, 0.717) is 42.5 Å². The van der Waals surface area contributed by atoms with Crippen molar-refractivity contribution in [2.75, 3.05) is 36.4 Å². The van der Waals surface area contributed by atoms with Crippen LogP contribution in [0, 0.1) is 0 Å². The summed E-state index contributed by atoms with van der Waals surface area (Å²) in [6.07, 6.45) is 3.13. The SMILES string of the molecule is CC(C)(C)OC(=O)N1CCN(c2cccc(NC(=O)c3ccn4ncc(-c5cccc(Cl)c5)c4n3)c2)CC1. The number of benzene rings is 2. The molecule has 0 aliphatic carbocycles. The molecule has 0 saturated carbocycles. The van der Waals surface area contributed by atoms with Crippen LogP contribution < -0.4 is 10.2 Å². The molecule has 1 N–H and O–H groups in total. The molecular weight excluding hydrogens is 504 g/mol. The maximum atomic E-state index is 13.1. The molecule has 0 atom stereocenters. The molecular formula is C28H29ClN6O3. The van der Waals surface area contributed by atoms with E-state index in [1.807, 2.05) is 63.2 Å². The number of hydrogen-bond donors (Lipinski definition) is 1. The standard InChI is InChI=1S/C28H29ClN6O3/c1-28(2,3)38-27(37)34-14-12-33(13-15-34)22-9-5-8-21(17-22)31-26(36)24-10-11-35-25(32-24)23(18-30-35)19-6-4-7-20(29)16-19/h4-11,16-18H,12-15H2,1-3H3,(H,31,36). The number of aromatic nitrogens is 3. The first-order chi connectivity index (χ1) is 18.2. The molecule has 1 saturated heterocycles. The summed E-state index contributed by atoms with van der Waals surface area (Å²) in [5.41, 5.74) is 3.61. The molecule has 1 aliphatic heterocycles. The van der Waals surface area contributed by atoms with E-state index < -0.39 is 5.60 Å². The van der Waals surface area contributed by atoms with Crippen molar-refractivity contribution < 1.29 is 14.3 Å². The highest BCUT2D eigenvalue weighted by molar-refractivity contribution is 6.30. The first-order valence-electron chi connectivity index (χ1n) is 12.4. The van der Waals surface area contributed by atoms with Gasteiger partial charge in [0.2, 0.25) is 0 Å². The summed E-state index contributed by atoms with van der Waals surface area (Å²) in [5, 5.41) is 7.91. The molecule has 0 unspecified atom stereocenters. The third-order valence-corrected chi connectivity index (χ3v) is 6.37. The predicted molar refractivity (Wildman–Crippen MR) is 148 cm³/mol. The fraction of sp³-hybridized carbons (Fsp3) is 0.286. The van der Waals surface area contributed by atoms with E-state index in [2.05, 4.69) is 20.3 Å². The molecule has 5 rings (SSSR count). The maximum absolute atomic E-state index is 13.1. The highest BCUT2D eigenvalue weighted by Crippen LogP contribution is 2.26. The highest BCUT2D eigenvalue weighted by atomic mass is 35.5. The van der Waals surface area contributed by atoms with Crippen molar-refractivity contribution in [1.29, 1.82) is 0 Å². The van der Waals surface area contributed by atoms with Gasteiger partial charge in [-0.1, -0.05) is 29.8 Å². The molecule has 196 valence electrons. The van der Waals surface area contributed by atoms with E-state index in [0.717, 1.165) is 16.8 Å². The minimum atomic E-state index is -0.519. The lowest BCUT2D eigenvalue weighted by atomic mass is 10.1. The Labute approximate surface area is 226 Å². The Balaban J connectivity index is 1.27. The third kappa shape index (κ3) is 5.73. The number of hydrogen-bond acceptors (Lipinski definition) is 6. The van der Waals surface area contributed by atoms with Gasteiger partial charge in [-0.25, -0.2) is 14.3 Å². The summed E-state index contributed by atoms with van der Waals surface area (Å²) in [6, 6.07) is 16.7. The van der Waals surface area contributed by atoms with Crippen LogP contribution in [-0.2, 0) is 4.74 Å². The number of carbonyl (C=O) groups is 2. The predicted octanol–water partition coefficient (Wildman–Crippen LogP) is 5.36. The molecule has 0 radical (unpaired) electrons. The molecule has 1 fully saturated rings. The Bertz CT molecular complexity index is 1490. The van der Waals surface area contributed by atoms with Crippen molar-refractivity contribution in [3.8, 4) is 11.1 Å². The van der Waals surface area contributed by atoms with Crippen LogP contribution in [0.4, 0.5) is 16.2 Å². The number of halogens is 1. The van der Waals surface area contributed by atoms with Crippen molar-refractivity contribution in [3.05, 3.63) is 77.7 Å². The van der Waals surface area contributed by atoms with Crippen molar-refractivity contribution >= 4 is 40.6 Å². The molecule has 38 heavy (non-hydrogen) atoms. The van der Waals surface area contributed by atoms with Crippen LogP contribution in [-0.4, -0.2) is 63.3 Å². The number of ether oxygens (including phenoxy) is 1. The van der Waals surface area contributed by atoms with Crippen LogP contribution in [0.2, 0.25) is 5.02 Å². The van der Waals surface area contributed by atoms with E-state index in [4.69, 9.17) is 16.3 Å². The lowest BCUT2D eigenvalue weighted by Crippen LogP contribution is -2.50. The van der Waals surface area contributed by atoms with E-state index in [9.17, 15) is 9.59 Å². The number of rotatable bonds is 4. The molecule has 9 nitrogen and oxygen atoms in total. The number of carbonyl (C=O) groups excluding carboxylic acids is 2. The first kappa shape index (κ1) is 25.5. The maximum Gasteiger partial charge on any atom is 0.410 e. The lowest BCUT2D eigenvalue weighted by molar-refractivity contribution is 0.0240. The minimum Gasteiger partial charge on any atom is -0.444 e. The zero-order valence-corrected chi connectivity index (χ0v) is 22.3. The van der Waals surface area contributed by atoms with Gasteiger partial charge >= 0.3 is 6.09 Å². The minimum absolute atomic E-state index is 0.276. The van der Waals surface area contributed by atoms with Gasteiger partial charge in [0, 0.05) is 54.3 Å². The van der Waals surface area contributed by atoms with Gasteiger partial charge in [-0.15, -0.1) is 0 Å². The summed E-state index contributed by atoms with van der Waals surface area (Å²) >= 11 is 6.16. The second-order valence-corrected chi connectivity index (χ2v) is 10.5. The van der Waals surface area contributed by atoms with Gasteiger partial charge in [0.25, 0.3) is 5.91 Å². The first-order valence-corrected chi connectivity index (χ1v) is 12.8. The van der Waals surface area contributed by atoms with Crippen LogP contribution in [0.5, 0.6) is 0 Å². The topological polar surface area (TPSA) is 92.1 Å². The average Bonchev–Trinajstić information content (AvgIpc) is 3.31. The molecule has 4 aromatic rings. The Morgan fingerprint density at radius 3 is 2.50 bits per heavy atom. The van der Waals surface area contributed by atoms with Crippen LogP contribution in [0.1, 0.15) is 31.3 Å². The van der Waals surface area contributed by atoms with Gasteiger partial charge in [0.1, 0.15) is 11.3 Å². The number of piperazine rings is 1. The van der Waals surface area contributed by atoms with E-state index >= 15 is 0 Å². The number of nitrogens with one attached hydrogen (secondary N) is 1. The Morgan fingerprint density at radius 2 is 1.76 bits per heavy atom. The zero-order valence-electron chi connectivity index (χ0n) is 21.5. The average molecular weight is 533 g/mol. The monoisotopic (exact) mass is 532 g/mol. The van der Waals surface area contributed by atoms with Crippen molar-refractivity contribution in [1.82, 2.24) is 19.5 Å². The van der Waals surface area contributed by atoms with E-state index in [1.165, 1.54) is 0 Å². The number of amides is 2. The van der Waals surface area contributed by atoms with Crippen molar-refractivity contribution in [2.24, 2.45) is 0 Å². The van der Waals surface area contributed by atoms with Crippen LogP contribution in [0.25, 0.3) is 16.8 Å². The van der Waals surface area contributed by atoms with Gasteiger partial charge in [0.05, 0.1) is 6.20 Å². The van der Waals surface area contributed by atoms with Crippen LogP contribution in [0.3, 0.4) is 0 Å². The third-order valence-electron chi connectivity index (χ3n) is 6.14. The smallest absolute Gasteiger partial charge is 0.410 e. The fourth-order valence-corrected chi connectivity index (χ4v) is 4.49. The molecule has 1 aliphatic rings. The Kier molecular flexibility index (Phi) is 6.94. The molecule has 10 heteroatoms. The fourth-order valence-electron chi connectivity index (χ4n) is 4.30. The van der Waals surface area contributed by atoms with Gasteiger partial charge in [-0.2, -0.15) is 5.10 Å². The summed E-state index contributed by atoms with van der Waals surface area (Å²) in [7, 11) is 0. The molecule has 0 spiro atoms. The number of nitrogens with zero attached hydrogens (tertiary/aromatic N) is 5. The van der Waals surface area contributed by atoms with Gasteiger partial charge < -0.3 is 19.9 Å². The van der Waals surface area contributed by atoms with Gasteiger partial charge in [-0.05, 0) is 62.7 Å². The van der Waals surface area contributed by atoms with Crippen LogP contribution in [0.15, 0.2) is 67.0 Å². The van der Waals surface area contributed by atoms with Crippen molar-refractivity contribution in [2.45, 2.75) is 26.4 Å². The molecule has 2 amide bonds. The highest BCUT2D eigenvalue weighted by Gasteiger charge is 2.26. The summed E-state index contributed by atoms with van der Waals surface area (Å²) in [5.74, 6) is -0.322. The summed E-state index contributed by atoms with van der Waals surface area (Å²) in [6.45, 7) is 8.06.